The second-order valence-electron chi connectivity index (χ2n) is 8.93. The summed E-state index contributed by atoms with van der Waals surface area (Å²) in [5, 5.41) is 0. The van der Waals surface area contributed by atoms with Crippen LogP contribution in [0.3, 0.4) is 0 Å². The van der Waals surface area contributed by atoms with Crippen LogP contribution in [0, 0.1) is 0 Å². The van der Waals surface area contributed by atoms with Crippen LogP contribution in [-0.2, 0) is 20.9 Å². The summed E-state index contributed by atoms with van der Waals surface area (Å²) in [5.41, 5.74) is 1.64. The van der Waals surface area contributed by atoms with E-state index in [-0.39, 0.29) is 55.7 Å². The van der Waals surface area contributed by atoms with E-state index in [1.54, 1.807) is 11.0 Å². The average Bonchev–Trinajstić information content (AvgIpc) is 3.17. The number of hydrogen-bond donors (Lipinski definition) is 0. The molecule has 5 rings (SSSR count). The van der Waals surface area contributed by atoms with Crippen LogP contribution in [-0.4, -0.2) is 102 Å². The molecule has 0 unspecified atom stereocenters. The molecule has 0 atom stereocenters. The highest BCUT2D eigenvalue weighted by atomic mass is 16.5. The van der Waals surface area contributed by atoms with Crippen molar-refractivity contribution in [2.24, 2.45) is 0 Å². The maximum atomic E-state index is 13.1. The van der Waals surface area contributed by atoms with Crippen molar-refractivity contribution in [3.05, 3.63) is 70.8 Å². The van der Waals surface area contributed by atoms with Gasteiger partial charge in [-0.3, -0.25) is 28.9 Å². The van der Waals surface area contributed by atoms with Crippen LogP contribution < -0.4 is 0 Å². The van der Waals surface area contributed by atoms with Gasteiger partial charge in [0.25, 0.3) is 17.7 Å². The van der Waals surface area contributed by atoms with E-state index in [1.807, 2.05) is 30.3 Å². The van der Waals surface area contributed by atoms with Gasteiger partial charge in [0, 0.05) is 44.8 Å². The Morgan fingerprint density at radius 2 is 1.28 bits per heavy atom. The normalized spacial score (nSPS) is 17.9. The second kappa shape index (κ2) is 9.90. The van der Waals surface area contributed by atoms with Crippen molar-refractivity contribution in [2.45, 2.75) is 6.54 Å². The van der Waals surface area contributed by atoms with Gasteiger partial charge in [0.15, 0.2) is 0 Å². The summed E-state index contributed by atoms with van der Waals surface area (Å²) < 4.78 is 5.22. The monoisotopic (exact) mass is 490 g/mol. The van der Waals surface area contributed by atoms with Crippen LogP contribution in [0.2, 0.25) is 0 Å². The number of nitrogens with zero attached hydrogens (tertiary/aromatic N) is 4. The molecular formula is C26H26N4O6. The van der Waals surface area contributed by atoms with Crippen molar-refractivity contribution in [1.82, 2.24) is 19.6 Å². The topological polar surface area (TPSA) is 108 Å². The number of fused-ring (bicyclic) bond motifs is 1. The highest BCUT2D eigenvalue weighted by Crippen LogP contribution is 2.26. The van der Waals surface area contributed by atoms with E-state index in [2.05, 4.69) is 0 Å². The average molecular weight is 491 g/mol. The third-order valence-corrected chi connectivity index (χ3v) is 6.74. The van der Waals surface area contributed by atoms with E-state index in [0.29, 0.717) is 31.9 Å². The standard InChI is InChI=1S/C26H26N4O6/c31-22(27-8-10-28(11-9-27)25(34)26(35)29-12-14-36-15-13-29)19-6-7-20-21(16-19)24(33)30(23(20)32)17-18-4-2-1-3-5-18/h1-7,16H,8-15,17H2. The van der Waals surface area contributed by atoms with Crippen molar-refractivity contribution in [3.8, 4) is 0 Å². The molecule has 3 aliphatic heterocycles. The molecule has 0 aliphatic carbocycles. The van der Waals surface area contributed by atoms with Crippen LogP contribution in [0.4, 0.5) is 0 Å². The molecule has 2 aromatic rings. The molecule has 186 valence electrons. The van der Waals surface area contributed by atoms with E-state index in [1.165, 1.54) is 26.8 Å². The highest BCUT2D eigenvalue weighted by Gasteiger charge is 2.37. The number of amides is 5. The van der Waals surface area contributed by atoms with E-state index in [0.717, 1.165) is 5.56 Å². The number of benzene rings is 2. The Morgan fingerprint density at radius 1 is 0.694 bits per heavy atom. The molecular weight excluding hydrogens is 464 g/mol. The van der Waals surface area contributed by atoms with Crippen LogP contribution in [0.15, 0.2) is 48.5 Å². The van der Waals surface area contributed by atoms with Gasteiger partial charge < -0.3 is 19.4 Å². The first-order valence-corrected chi connectivity index (χ1v) is 11.9. The molecule has 10 heteroatoms. The van der Waals surface area contributed by atoms with Crippen LogP contribution in [0.25, 0.3) is 0 Å². The van der Waals surface area contributed by atoms with Crippen molar-refractivity contribution in [3.63, 3.8) is 0 Å². The van der Waals surface area contributed by atoms with E-state index in [4.69, 9.17) is 4.74 Å². The zero-order chi connectivity index (χ0) is 25.2. The Kier molecular flexibility index (Phi) is 6.51. The summed E-state index contributed by atoms with van der Waals surface area (Å²) in [6.07, 6.45) is 0. The van der Waals surface area contributed by atoms with Gasteiger partial charge in [0.1, 0.15) is 0 Å². The number of rotatable bonds is 3. The van der Waals surface area contributed by atoms with Crippen molar-refractivity contribution in [2.75, 3.05) is 52.5 Å². The van der Waals surface area contributed by atoms with E-state index >= 15 is 0 Å². The fourth-order valence-electron chi connectivity index (χ4n) is 4.67. The predicted octanol–water partition coefficient (Wildman–Crippen LogP) is 0.626. The minimum Gasteiger partial charge on any atom is -0.378 e. The van der Waals surface area contributed by atoms with Crippen LogP contribution in [0.1, 0.15) is 36.6 Å². The van der Waals surface area contributed by atoms with Gasteiger partial charge in [-0.2, -0.15) is 0 Å². The number of ether oxygens (including phenoxy) is 1. The van der Waals surface area contributed by atoms with Gasteiger partial charge in [-0.1, -0.05) is 30.3 Å². The molecule has 0 bridgehead atoms. The maximum Gasteiger partial charge on any atom is 0.312 e. The highest BCUT2D eigenvalue weighted by molar-refractivity contribution is 6.35. The van der Waals surface area contributed by atoms with Gasteiger partial charge in [-0.25, -0.2) is 0 Å². The van der Waals surface area contributed by atoms with Crippen LogP contribution in [0.5, 0.6) is 0 Å². The van der Waals surface area contributed by atoms with Gasteiger partial charge >= 0.3 is 11.8 Å². The first-order valence-electron chi connectivity index (χ1n) is 11.9. The molecule has 36 heavy (non-hydrogen) atoms. The molecule has 3 aliphatic rings. The fourth-order valence-corrected chi connectivity index (χ4v) is 4.67. The fraction of sp³-hybridized carbons (Fsp3) is 0.346. The second-order valence-corrected chi connectivity index (χ2v) is 8.93. The number of carbonyl (C=O) groups excluding carboxylic acids is 5. The van der Waals surface area contributed by atoms with E-state index in [9.17, 15) is 24.0 Å². The van der Waals surface area contributed by atoms with Crippen molar-refractivity contribution >= 4 is 29.5 Å². The van der Waals surface area contributed by atoms with Gasteiger partial charge in [-0.15, -0.1) is 0 Å². The summed E-state index contributed by atoms with van der Waals surface area (Å²) >= 11 is 0. The molecule has 0 spiro atoms. The smallest absolute Gasteiger partial charge is 0.312 e. The first kappa shape index (κ1) is 23.7. The Hall–Kier alpha value is -4.05. The third kappa shape index (κ3) is 4.47. The molecule has 0 N–H and O–H groups in total. The molecule has 2 saturated heterocycles. The van der Waals surface area contributed by atoms with Gasteiger partial charge in [0.2, 0.25) is 0 Å². The summed E-state index contributed by atoms with van der Waals surface area (Å²) in [6, 6.07) is 13.8. The van der Waals surface area contributed by atoms with Crippen LogP contribution >= 0.6 is 0 Å². The number of imide groups is 1. The lowest BCUT2D eigenvalue weighted by Crippen LogP contribution is -2.55. The third-order valence-electron chi connectivity index (χ3n) is 6.74. The number of carbonyl (C=O) groups is 5. The van der Waals surface area contributed by atoms with E-state index < -0.39 is 17.7 Å². The molecule has 0 saturated carbocycles. The van der Waals surface area contributed by atoms with Crippen molar-refractivity contribution in [1.29, 1.82) is 0 Å². The molecule has 5 amide bonds. The van der Waals surface area contributed by atoms with Gasteiger partial charge in [-0.05, 0) is 23.8 Å². The molecule has 10 nitrogen and oxygen atoms in total. The lowest BCUT2D eigenvalue weighted by atomic mass is 10.0. The molecule has 2 fully saturated rings. The maximum absolute atomic E-state index is 13.1. The zero-order valence-corrected chi connectivity index (χ0v) is 19.7. The predicted molar refractivity (Wildman–Crippen MR) is 127 cm³/mol. The molecule has 0 aromatic heterocycles. The Bertz CT molecular complexity index is 1220. The summed E-state index contributed by atoms with van der Waals surface area (Å²) in [6.45, 7) is 2.81. The molecule has 2 aromatic carbocycles. The van der Waals surface area contributed by atoms with Gasteiger partial charge in [0.05, 0.1) is 30.9 Å². The quantitative estimate of drug-likeness (QED) is 0.461. The lowest BCUT2D eigenvalue weighted by molar-refractivity contribution is -0.154. The summed E-state index contributed by atoms with van der Waals surface area (Å²) in [4.78, 5) is 69.7. The largest absolute Gasteiger partial charge is 0.378 e. The minimum absolute atomic E-state index is 0.162. The van der Waals surface area contributed by atoms with Crippen molar-refractivity contribution < 1.29 is 28.7 Å². The Morgan fingerprint density at radius 3 is 1.94 bits per heavy atom. The number of hydrogen-bond acceptors (Lipinski definition) is 6. The number of morpholine rings is 1. The Balaban J connectivity index is 1.22. The summed E-state index contributed by atoms with van der Waals surface area (Å²) in [7, 11) is 0. The lowest BCUT2D eigenvalue weighted by Gasteiger charge is -2.36. The Labute approximate surface area is 208 Å². The minimum atomic E-state index is -0.566. The summed E-state index contributed by atoms with van der Waals surface area (Å²) in [5.74, 6) is -2.20. The first-order chi connectivity index (χ1) is 17.4. The zero-order valence-electron chi connectivity index (χ0n) is 19.7. The number of piperazine rings is 1. The molecule has 3 heterocycles. The molecule has 0 radical (unpaired) electrons. The SMILES string of the molecule is O=C(C(=O)N1CCN(C(=O)c2ccc3c(c2)C(=O)N(Cc2ccccc2)C3=O)CC1)N1CCOCC1.